The van der Waals surface area contributed by atoms with Gasteiger partial charge in [-0.15, -0.1) is 0 Å². The number of fused-ring (bicyclic) bond motifs is 4. The summed E-state index contributed by atoms with van der Waals surface area (Å²) in [5.74, 6) is 1.09. The lowest BCUT2D eigenvalue weighted by Gasteiger charge is -2.35. The van der Waals surface area contributed by atoms with E-state index in [9.17, 15) is 9.59 Å². The van der Waals surface area contributed by atoms with E-state index in [1.165, 1.54) is 12.8 Å². The van der Waals surface area contributed by atoms with Crippen molar-refractivity contribution < 1.29 is 14.1 Å². The number of carbonyl (C=O) groups excluding carboxylic acids is 2. The van der Waals surface area contributed by atoms with Gasteiger partial charge in [0.2, 0.25) is 11.8 Å². The van der Waals surface area contributed by atoms with Crippen molar-refractivity contribution in [3.63, 3.8) is 0 Å². The standard InChI is InChI=1S/C20H30N4O3/c1-14-18(15(2)27-21-14)13-24-17-6-5-16(20(24)26)11-23(12-17)19(25)7-10-22-8-3-4-9-22/h16-17H,3-13H2,1-2H3/t16-,17+/m1/s1. The van der Waals surface area contributed by atoms with E-state index in [0.29, 0.717) is 26.1 Å². The van der Waals surface area contributed by atoms with Crippen LogP contribution in [0.5, 0.6) is 0 Å². The highest BCUT2D eigenvalue weighted by atomic mass is 16.5. The minimum Gasteiger partial charge on any atom is -0.361 e. The van der Waals surface area contributed by atoms with Crippen molar-refractivity contribution in [3.8, 4) is 0 Å². The quantitative estimate of drug-likeness (QED) is 0.785. The molecule has 0 spiro atoms. The number of nitrogens with zero attached hydrogens (tertiary/aromatic N) is 4. The molecule has 0 saturated carbocycles. The Morgan fingerprint density at radius 3 is 2.67 bits per heavy atom. The van der Waals surface area contributed by atoms with E-state index in [0.717, 1.165) is 49.5 Å². The molecule has 2 bridgehead atoms. The fourth-order valence-corrected chi connectivity index (χ4v) is 4.77. The highest BCUT2D eigenvalue weighted by Crippen LogP contribution is 2.31. The Morgan fingerprint density at radius 2 is 1.96 bits per heavy atom. The smallest absolute Gasteiger partial charge is 0.228 e. The van der Waals surface area contributed by atoms with Gasteiger partial charge in [-0.05, 0) is 52.6 Å². The molecule has 0 unspecified atom stereocenters. The van der Waals surface area contributed by atoms with Crippen LogP contribution in [-0.2, 0) is 16.1 Å². The lowest BCUT2D eigenvalue weighted by molar-refractivity contribution is -0.140. The van der Waals surface area contributed by atoms with Gasteiger partial charge in [-0.3, -0.25) is 9.59 Å². The Bertz CT molecular complexity index is 691. The van der Waals surface area contributed by atoms with Gasteiger partial charge in [0.1, 0.15) is 5.76 Å². The maximum Gasteiger partial charge on any atom is 0.228 e. The monoisotopic (exact) mass is 374 g/mol. The minimum atomic E-state index is -0.0695. The van der Waals surface area contributed by atoms with Crippen LogP contribution in [0.4, 0.5) is 0 Å². The van der Waals surface area contributed by atoms with E-state index in [1.54, 1.807) is 0 Å². The predicted octanol–water partition coefficient (Wildman–Crippen LogP) is 1.73. The van der Waals surface area contributed by atoms with Crippen LogP contribution in [0.3, 0.4) is 0 Å². The molecule has 0 N–H and O–H groups in total. The number of hydrogen-bond acceptors (Lipinski definition) is 5. The van der Waals surface area contributed by atoms with Gasteiger partial charge >= 0.3 is 0 Å². The molecule has 0 aromatic carbocycles. The van der Waals surface area contributed by atoms with Crippen LogP contribution in [0.1, 0.15) is 49.1 Å². The first-order valence-electron chi connectivity index (χ1n) is 10.3. The largest absolute Gasteiger partial charge is 0.361 e. The highest BCUT2D eigenvalue weighted by molar-refractivity contribution is 5.83. The molecule has 4 fully saturated rings. The predicted molar refractivity (Wildman–Crippen MR) is 99.9 cm³/mol. The van der Waals surface area contributed by atoms with Gasteiger partial charge in [0.15, 0.2) is 0 Å². The molecule has 1 aromatic heterocycles. The van der Waals surface area contributed by atoms with Crippen molar-refractivity contribution in [3.05, 3.63) is 17.0 Å². The second kappa shape index (κ2) is 7.62. The first kappa shape index (κ1) is 18.5. The summed E-state index contributed by atoms with van der Waals surface area (Å²) in [6.45, 7) is 8.66. The molecule has 4 aliphatic rings. The lowest BCUT2D eigenvalue weighted by atomic mass is 9.93. The topological polar surface area (TPSA) is 69.9 Å². The Kier molecular flexibility index (Phi) is 5.21. The van der Waals surface area contributed by atoms with Gasteiger partial charge in [-0.1, -0.05) is 5.16 Å². The first-order chi connectivity index (χ1) is 13.0. The normalized spacial score (nSPS) is 26.1. The van der Waals surface area contributed by atoms with Crippen LogP contribution in [0, 0.1) is 19.8 Å². The van der Waals surface area contributed by atoms with E-state index >= 15 is 0 Å². The minimum absolute atomic E-state index is 0.0695. The number of hydrogen-bond donors (Lipinski definition) is 0. The number of aromatic nitrogens is 1. The molecule has 1 aromatic rings. The average molecular weight is 374 g/mol. The van der Waals surface area contributed by atoms with Crippen LogP contribution in [0.15, 0.2) is 4.52 Å². The van der Waals surface area contributed by atoms with Crippen LogP contribution < -0.4 is 0 Å². The molecule has 4 saturated heterocycles. The number of piperidine rings is 1. The molecule has 0 radical (unpaired) electrons. The zero-order chi connectivity index (χ0) is 19.0. The first-order valence-corrected chi connectivity index (χ1v) is 10.3. The van der Waals surface area contributed by atoms with Crippen molar-refractivity contribution in [1.29, 1.82) is 0 Å². The molecule has 5 heterocycles. The summed E-state index contributed by atoms with van der Waals surface area (Å²) in [5.41, 5.74) is 1.85. The fraction of sp³-hybridized carbons (Fsp3) is 0.750. The number of likely N-dealkylation sites (tertiary alicyclic amines) is 1. The van der Waals surface area contributed by atoms with Crippen LogP contribution in [-0.4, -0.2) is 70.4 Å². The summed E-state index contributed by atoms with van der Waals surface area (Å²) >= 11 is 0. The second-order valence-electron chi connectivity index (χ2n) is 8.29. The molecule has 27 heavy (non-hydrogen) atoms. The molecule has 7 nitrogen and oxygen atoms in total. The van der Waals surface area contributed by atoms with E-state index in [-0.39, 0.29) is 23.8 Å². The molecule has 2 amide bonds. The third-order valence-corrected chi connectivity index (χ3v) is 6.50. The summed E-state index contributed by atoms with van der Waals surface area (Å²) in [6.07, 6.45) is 4.91. The van der Waals surface area contributed by atoms with Gasteiger partial charge in [0.25, 0.3) is 0 Å². The zero-order valence-corrected chi connectivity index (χ0v) is 16.4. The highest BCUT2D eigenvalue weighted by Gasteiger charge is 2.42. The van der Waals surface area contributed by atoms with E-state index in [4.69, 9.17) is 4.52 Å². The number of amides is 2. The molecule has 2 atom stereocenters. The molecule has 5 rings (SSSR count). The summed E-state index contributed by atoms with van der Waals surface area (Å²) in [6, 6.07) is 0.0979. The lowest BCUT2D eigenvalue weighted by Crippen LogP contribution is -2.47. The summed E-state index contributed by atoms with van der Waals surface area (Å²) in [7, 11) is 0. The Labute approximate surface area is 160 Å². The van der Waals surface area contributed by atoms with Crippen LogP contribution in [0.2, 0.25) is 0 Å². The maximum absolute atomic E-state index is 13.0. The Hall–Kier alpha value is -1.89. The van der Waals surface area contributed by atoms with Crippen LogP contribution >= 0.6 is 0 Å². The molecule has 4 aliphatic heterocycles. The molecular formula is C20H30N4O3. The Balaban J connectivity index is 1.43. The van der Waals surface area contributed by atoms with Crippen molar-refractivity contribution in [1.82, 2.24) is 19.9 Å². The SMILES string of the molecule is Cc1noc(C)c1CN1C(=O)[C@@H]2CC[C@H]1CN(C(=O)CCN1CCCC1)C2. The van der Waals surface area contributed by atoms with E-state index in [2.05, 4.69) is 10.1 Å². The van der Waals surface area contributed by atoms with E-state index < -0.39 is 0 Å². The van der Waals surface area contributed by atoms with Crippen molar-refractivity contribution in [2.45, 2.75) is 58.5 Å². The number of rotatable bonds is 5. The van der Waals surface area contributed by atoms with Crippen molar-refractivity contribution in [2.24, 2.45) is 5.92 Å². The summed E-state index contributed by atoms with van der Waals surface area (Å²) in [5, 5.41) is 4.02. The zero-order valence-electron chi connectivity index (χ0n) is 16.4. The van der Waals surface area contributed by atoms with Crippen molar-refractivity contribution in [2.75, 3.05) is 32.7 Å². The summed E-state index contributed by atoms with van der Waals surface area (Å²) in [4.78, 5) is 32.1. The summed E-state index contributed by atoms with van der Waals surface area (Å²) < 4.78 is 5.27. The molecular weight excluding hydrogens is 344 g/mol. The Morgan fingerprint density at radius 1 is 1.19 bits per heavy atom. The molecule has 0 aliphatic carbocycles. The fourth-order valence-electron chi connectivity index (χ4n) is 4.77. The van der Waals surface area contributed by atoms with Gasteiger partial charge in [-0.2, -0.15) is 0 Å². The number of aryl methyl sites for hydroxylation is 2. The van der Waals surface area contributed by atoms with Gasteiger partial charge < -0.3 is 19.2 Å². The van der Waals surface area contributed by atoms with Crippen molar-refractivity contribution >= 4 is 11.8 Å². The van der Waals surface area contributed by atoms with Crippen LogP contribution in [0.25, 0.3) is 0 Å². The van der Waals surface area contributed by atoms with Gasteiger partial charge in [-0.25, -0.2) is 0 Å². The third-order valence-electron chi connectivity index (χ3n) is 6.50. The molecule has 7 heteroatoms. The molecule has 148 valence electrons. The number of carbonyl (C=O) groups is 2. The third kappa shape index (κ3) is 3.74. The second-order valence-corrected chi connectivity index (χ2v) is 8.29. The van der Waals surface area contributed by atoms with Gasteiger partial charge in [0, 0.05) is 37.7 Å². The maximum atomic E-state index is 13.0. The average Bonchev–Trinajstić information content (AvgIpc) is 3.18. The van der Waals surface area contributed by atoms with E-state index in [1.807, 2.05) is 23.6 Å². The van der Waals surface area contributed by atoms with Gasteiger partial charge in [0.05, 0.1) is 18.2 Å².